The van der Waals surface area contributed by atoms with Crippen LogP contribution in [0.15, 0.2) is 42.5 Å². The molecule has 142 valence electrons. The Morgan fingerprint density at radius 1 is 0.926 bits per heavy atom. The number of anilines is 2. The monoisotopic (exact) mass is 373 g/mol. The van der Waals surface area contributed by atoms with Gasteiger partial charge in [0.25, 0.3) is 5.69 Å². The number of carbonyl (C=O) groups excluding carboxylic acids is 2. The molecule has 2 N–H and O–H groups in total. The van der Waals surface area contributed by atoms with Crippen molar-refractivity contribution in [2.24, 2.45) is 0 Å². The molecule has 2 amide bonds. The maximum Gasteiger partial charge on any atom is 0.314 e. The van der Waals surface area contributed by atoms with Gasteiger partial charge in [0.15, 0.2) is 11.5 Å². The van der Waals surface area contributed by atoms with Gasteiger partial charge in [0.1, 0.15) is 0 Å². The number of benzene rings is 2. The summed E-state index contributed by atoms with van der Waals surface area (Å²) in [5.74, 6) is -0.912. The van der Waals surface area contributed by atoms with Gasteiger partial charge in [-0.3, -0.25) is 19.7 Å². The Morgan fingerprint density at radius 3 is 2.11 bits per heavy atom. The summed E-state index contributed by atoms with van der Waals surface area (Å²) in [4.78, 5) is 34.3. The molecule has 0 aliphatic carbocycles. The number of rotatable bonds is 7. The summed E-state index contributed by atoms with van der Waals surface area (Å²) < 4.78 is 10.9. The second-order valence-electron chi connectivity index (χ2n) is 5.24. The molecule has 9 heteroatoms. The maximum atomic E-state index is 12.1. The van der Waals surface area contributed by atoms with E-state index in [2.05, 4.69) is 10.6 Å². The van der Waals surface area contributed by atoms with Crippen LogP contribution in [0.2, 0.25) is 0 Å². The number of nitro groups is 1. The second-order valence-corrected chi connectivity index (χ2v) is 5.24. The van der Waals surface area contributed by atoms with E-state index in [1.807, 2.05) is 13.8 Å². The summed E-state index contributed by atoms with van der Waals surface area (Å²) in [6.07, 6.45) is 0. The zero-order valence-electron chi connectivity index (χ0n) is 14.9. The number of hydrogen-bond acceptors (Lipinski definition) is 6. The van der Waals surface area contributed by atoms with Gasteiger partial charge in [-0.25, -0.2) is 0 Å². The minimum Gasteiger partial charge on any atom is -0.490 e. The Hall–Kier alpha value is -3.62. The summed E-state index contributed by atoms with van der Waals surface area (Å²) in [5, 5.41) is 15.5. The first-order valence-electron chi connectivity index (χ1n) is 8.21. The van der Waals surface area contributed by atoms with Crippen molar-refractivity contribution in [3.05, 3.63) is 52.6 Å². The molecule has 27 heavy (non-hydrogen) atoms. The van der Waals surface area contributed by atoms with Gasteiger partial charge in [-0.2, -0.15) is 0 Å². The number of carbonyl (C=O) groups is 2. The van der Waals surface area contributed by atoms with E-state index < -0.39 is 16.7 Å². The lowest BCUT2D eigenvalue weighted by Crippen LogP contribution is -2.29. The lowest BCUT2D eigenvalue weighted by atomic mass is 10.2. The van der Waals surface area contributed by atoms with Gasteiger partial charge < -0.3 is 20.1 Å². The van der Waals surface area contributed by atoms with E-state index in [4.69, 9.17) is 9.47 Å². The molecule has 0 radical (unpaired) electrons. The third-order valence-corrected chi connectivity index (χ3v) is 3.32. The Labute approximate surface area is 155 Å². The highest BCUT2D eigenvalue weighted by atomic mass is 16.6. The van der Waals surface area contributed by atoms with Gasteiger partial charge in [0, 0.05) is 29.6 Å². The summed E-state index contributed by atoms with van der Waals surface area (Å²) in [5.41, 5.74) is 0.299. The van der Waals surface area contributed by atoms with Crippen molar-refractivity contribution in [3.63, 3.8) is 0 Å². The summed E-state index contributed by atoms with van der Waals surface area (Å²) >= 11 is 0. The molecule has 0 aliphatic rings. The molecule has 0 spiro atoms. The van der Waals surface area contributed by atoms with Gasteiger partial charge in [-0.05, 0) is 32.0 Å². The molecule has 0 unspecified atom stereocenters. The molecule has 9 nitrogen and oxygen atoms in total. The summed E-state index contributed by atoms with van der Waals surface area (Å²) in [6, 6.07) is 10.1. The van der Waals surface area contributed by atoms with E-state index in [1.54, 1.807) is 18.2 Å². The molecule has 0 aromatic heterocycles. The van der Waals surface area contributed by atoms with E-state index in [9.17, 15) is 19.7 Å². The summed E-state index contributed by atoms with van der Waals surface area (Å²) in [6.45, 7) is 4.51. The van der Waals surface area contributed by atoms with Crippen LogP contribution in [0.4, 0.5) is 17.1 Å². The van der Waals surface area contributed by atoms with Gasteiger partial charge in [-0.15, -0.1) is 0 Å². The Kier molecular flexibility index (Phi) is 6.70. The highest BCUT2D eigenvalue weighted by molar-refractivity contribution is 6.43. The van der Waals surface area contributed by atoms with Crippen molar-refractivity contribution in [1.82, 2.24) is 0 Å². The fraction of sp³-hybridized carbons (Fsp3) is 0.222. The molecule has 0 bridgehead atoms. The van der Waals surface area contributed by atoms with Gasteiger partial charge >= 0.3 is 11.8 Å². The van der Waals surface area contributed by atoms with Crippen molar-refractivity contribution in [1.29, 1.82) is 0 Å². The lowest BCUT2D eigenvalue weighted by Gasteiger charge is -2.13. The van der Waals surface area contributed by atoms with Crippen molar-refractivity contribution in [3.8, 4) is 11.5 Å². The zero-order valence-corrected chi connectivity index (χ0v) is 14.9. The number of hydrogen-bond donors (Lipinski definition) is 2. The first-order chi connectivity index (χ1) is 12.9. The van der Waals surface area contributed by atoms with E-state index in [0.29, 0.717) is 30.4 Å². The Morgan fingerprint density at radius 2 is 1.52 bits per heavy atom. The average Bonchev–Trinajstić information content (AvgIpc) is 2.64. The van der Waals surface area contributed by atoms with Crippen molar-refractivity contribution in [2.75, 3.05) is 23.8 Å². The van der Waals surface area contributed by atoms with Crippen LogP contribution in [0.5, 0.6) is 11.5 Å². The molecule has 2 aromatic carbocycles. The van der Waals surface area contributed by atoms with Crippen LogP contribution in [0.1, 0.15) is 13.8 Å². The van der Waals surface area contributed by atoms with Crippen LogP contribution in [0.25, 0.3) is 0 Å². The number of nitro benzene ring substituents is 1. The van der Waals surface area contributed by atoms with Crippen LogP contribution in [-0.4, -0.2) is 30.0 Å². The van der Waals surface area contributed by atoms with Crippen LogP contribution in [-0.2, 0) is 9.59 Å². The fourth-order valence-electron chi connectivity index (χ4n) is 2.20. The largest absolute Gasteiger partial charge is 0.490 e. The topological polar surface area (TPSA) is 120 Å². The standard InChI is InChI=1S/C18H19N3O6/c1-3-26-15-9-8-13(11-16(15)27-4-2)20-18(23)17(22)19-12-6-5-7-14(10-12)21(24)25/h5-11H,3-4H2,1-2H3,(H,19,22)(H,20,23). The maximum absolute atomic E-state index is 12.1. The first kappa shape index (κ1) is 19.7. The van der Waals surface area contributed by atoms with Crippen LogP contribution >= 0.6 is 0 Å². The molecular formula is C18H19N3O6. The number of nitrogens with one attached hydrogen (secondary N) is 2. The third kappa shape index (κ3) is 5.43. The van der Waals surface area contributed by atoms with Crippen LogP contribution < -0.4 is 20.1 Å². The molecule has 0 fully saturated rings. The molecule has 0 heterocycles. The van der Waals surface area contributed by atoms with Crippen molar-refractivity contribution < 1.29 is 24.0 Å². The number of nitrogens with zero attached hydrogens (tertiary/aromatic N) is 1. The van der Waals surface area contributed by atoms with Gasteiger partial charge in [0.05, 0.1) is 18.1 Å². The molecule has 2 rings (SSSR count). The highest BCUT2D eigenvalue weighted by Crippen LogP contribution is 2.30. The van der Waals surface area contributed by atoms with Crippen LogP contribution in [0.3, 0.4) is 0 Å². The molecular weight excluding hydrogens is 354 g/mol. The minimum atomic E-state index is -0.956. The predicted octanol–water partition coefficient (Wildman–Crippen LogP) is 2.97. The fourth-order valence-corrected chi connectivity index (χ4v) is 2.20. The third-order valence-electron chi connectivity index (χ3n) is 3.32. The average molecular weight is 373 g/mol. The molecule has 0 saturated heterocycles. The molecule has 0 atom stereocenters. The quantitative estimate of drug-likeness (QED) is 0.437. The van der Waals surface area contributed by atoms with E-state index >= 15 is 0 Å². The van der Waals surface area contributed by atoms with E-state index in [-0.39, 0.29) is 11.4 Å². The Bertz CT molecular complexity index is 853. The SMILES string of the molecule is CCOc1ccc(NC(=O)C(=O)Nc2cccc([N+](=O)[O-])c2)cc1OCC. The van der Waals surface area contributed by atoms with Gasteiger partial charge in [-0.1, -0.05) is 6.07 Å². The summed E-state index contributed by atoms with van der Waals surface area (Å²) in [7, 11) is 0. The first-order valence-corrected chi connectivity index (χ1v) is 8.21. The lowest BCUT2D eigenvalue weighted by molar-refractivity contribution is -0.384. The minimum absolute atomic E-state index is 0.144. The van der Waals surface area contributed by atoms with Crippen molar-refractivity contribution >= 4 is 28.9 Å². The smallest absolute Gasteiger partial charge is 0.314 e. The Balaban J connectivity index is 2.07. The predicted molar refractivity (Wildman–Crippen MR) is 99.1 cm³/mol. The van der Waals surface area contributed by atoms with E-state index in [0.717, 1.165) is 6.07 Å². The molecule has 2 aromatic rings. The number of amides is 2. The normalized spacial score (nSPS) is 10.0. The zero-order chi connectivity index (χ0) is 19.8. The van der Waals surface area contributed by atoms with Crippen molar-refractivity contribution in [2.45, 2.75) is 13.8 Å². The van der Waals surface area contributed by atoms with Gasteiger partial charge in [0.2, 0.25) is 0 Å². The molecule has 0 saturated carbocycles. The van der Waals surface area contributed by atoms with E-state index in [1.165, 1.54) is 18.2 Å². The second kappa shape index (κ2) is 9.18. The number of ether oxygens (including phenoxy) is 2. The molecule has 0 aliphatic heterocycles. The highest BCUT2D eigenvalue weighted by Gasteiger charge is 2.16. The number of non-ortho nitro benzene ring substituents is 1. The van der Waals surface area contributed by atoms with Crippen LogP contribution in [0, 0.1) is 10.1 Å².